The summed E-state index contributed by atoms with van der Waals surface area (Å²) < 4.78 is 4.76. The molecule has 0 saturated carbocycles. The summed E-state index contributed by atoms with van der Waals surface area (Å²) >= 11 is 0. The summed E-state index contributed by atoms with van der Waals surface area (Å²) in [5.74, 6) is -1.74. The molecule has 222 valence electrons. The summed E-state index contributed by atoms with van der Waals surface area (Å²) in [4.78, 5) is 65.1. The Hall–Kier alpha value is -4.30. The topological polar surface area (TPSA) is 184 Å². The van der Waals surface area contributed by atoms with Gasteiger partial charge in [-0.2, -0.15) is 0 Å². The van der Waals surface area contributed by atoms with Gasteiger partial charge in [0.25, 0.3) is 5.91 Å². The number of aliphatic hydroxyl groups excluding tert-OH is 1. The molecule has 0 bridgehead atoms. The molecule has 4 N–H and O–H groups in total. The number of anilines is 1. The summed E-state index contributed by atoms with van der Waals surface area (Å²) in [7, 11) is 0. The Morgan fingerprint density at radius 3 is 2.37 bits per heavy atom. The predicted octanol–water partition coefficient (Wildman–Crippen LogP) is 1.52. The van der Waals surface area contributed by atoms with Crippen molar-refractivity contribution in [3.8, 4) is 11.4 Å². The van der Waals surface area contributed by atoms with E-state index >= 15 is 0 Å². The van der Waals surface area contributed by atoms with Crippen molar-refractivity contribution >= 4 is 29.8 Å². The van der Waals surface area contributed by atoms with E-state index in [9.17, 15) is 29.4 Å². The minimum atomic E-state index is -1.14. The number of hydrogen-bond acceptors (Lipinski definition) is 11. The number of carbonyl (C=O) groups excluding carboxylic acids is 3. The van der Waals surface area contributed by atoms with Gasteiger partial charge in [0.15, 0.2) is 5.82 Å². The van der Waals surface area contributed by atoms with Crippen LogP contribution in [0.4, 0.5) is 10.6 Å². The van der Waals surface area contributed by atoms with Gasteiger partial charge < -0.3 is 35.3 Å². The van der Waals surface area contributed by atoms with Crippen LogP contribution in [-0.2, 0) is 19.2 Å². The van der Waals surface area contributed by atoms with Crippen LogP contribution in [0.15, 0.2) is 36.4 Å². The molecule has 1 aromatic heterocycles. The van der Waals surface area contributed by atoms with Crippen molar-refractivity contribution in [2.75, 3.05) is 44.7 Å². The maximum atomic E-state index is 13.4. The number of hydrogen-bond donors (Lipinski definition) is 4. The third-order valence-corrected chi connectivity index (χ3v) is 6.12. The lowest BCUT2D eigenvalue weighted by atomic mass is 10.1. The van der Waals surface area contributed by atoms with Gasteiger partial charge in [0.2, 0.25) is 5.91 Å². The third-order valence-electron chi connectivity index (χ3n) is 6.12. The van der Waals surface area contributed by atoms with Gasteiger partial charge >= 0.3 is 12.1 Å². The van der Waals surface area contributed by atoms with E-state index in [0.29, 0.717) is 5.56 Å². The number of amides is 2. The van der Waals surface area contributed by atoms with Crippen LogP contribution in [0.2, 0.25) is 0 Å². The van der Waals surface area contributed by atoms with E-state index in [1.807, 2.05) is 6.07 Å². The Morgan fingerprint density at radius 2 is 1.76 bits per heavy atom. The zero-order chi connectivity index (χ0) is 30.0. The molecule has 1 aliphatic rings. The Kier molecular flexibility index (Phi) is 10.9. The quantitative estimate of drug-likeness (QED) is 0.269. The van der Waals surface area contributed by atoms with E-state index in [1.54, 1.807) is 45.0 Å². The summed E-state index contributed by atoms with van der Waals surface area (Å²) in [6.45, 7) is 5.94. The van der Waals surface area contributed by atoms with Gasteiger partial charge in [0, 0.05) is 31.1 Å². The van der Waals surface area contributed by atoms with E-state index in [2.05, 4.69) is 20.6 Å². The van der Waals surface area contributed by atoms with Gasteiger partial charge in [-0.15, -0.1) is 5.06 Å². The van der Waals surface area contributed by atoms with E-state index in [1.165, 1.54) is 16.0 Å². The molecule has 2 amide bonds. The lowest BCUT2D eigenvalue weighted by molar-refractivity contribution is -0.157. The molecule has 1 saturated heterocycles. The Labute approximate surface area is 237 Å². The first-order valence-corrected chi connectivity index (χ1v) is 13.3. The van der Waals surface area contributed by atoms with Crippen molar-refractivity contribution in [2.45, 2.75) is 45.2 Å². The van der Waals surface area contributed by atoms with Crippen LogP contribution in [0.5, 0.6) is 0 Å². The molecule has 0 aliphatic carbocycles. The number of aliphatic hydroxyl groups is 1. The number of hydroxylamine groups is 2. The molecule has 1 atom stereocenters. The Bertz CT molecular complexity index is 1220. The number of aromatic nitrogens is 2. The monoisotopic (exact) mass is 572 g/mol. The van der Waals surface area contributed by atoms with E-state index in [-0.39, 0.29) is 69.6 Å². The first kappa shape index (κ1) is 31.2. The molecular formula is C27H36N6O8. The molecule has 1 aliphatic heterocycles. The zero-order valence-electron chi connectivity index (χ0n) is 23.3. The van der Waals surface area contributed by atoms with Gasteiger partial charge in [-0.3, -0.25) is 14.4 Å². The molecule has 1 aromatic carbocycles. The Balaban J connectivity index is 1.80. The number of nitrogens with one attached hydrogen (secondary N) is 2. The lowest BCUT2D eigenvalue weighted by Gasteiger charge is -2.35. The summed E-state index contributed by atoms with van der Waals surface area (Å²) in [5, 5.41) is 26.1. The molecule has 14 nitrogen and oxygen atoms in total. The number of carboxylic acid groups (broad SMARTS) is 1. The Morgan fingerprint density at radius 1 is 1.07 bits per heavy atom. The highest BCUT2D eigenvalue weighted by atomic mass is 16.8. The number of rotatable bonds is 12. The number of carbonyl (C=O) groups is 4. The number of carboxylic acids is 1. The summed E-state index contributed by atoms with van der Waals surface area (Å²) in [6.07, 6.45) is -1.33. The second-order valence-corrected chi connectivity index (χ2v) is 9.98. The van der Waals surface area contributed by atoms with Crippen LogP contribution < -0.4 is 10.6 Å². The number of benzene rings is 1. The van der Waals surface area contributed by atoms with Gasteiger partial charge in [-0.1, -0.05) is 30.3 Å². The zero-order valence-corrected chi connectivity index (χ0v) is 23.3. The molecular weight excluding hydrogens is 536 g/mol. The van der Waals surface area contributed by atoms with Crippen molar-refractivity contribution in [3.63, 3.8) is 0 Å². The minimum absolute atomic E-state index is 0.0455. The predicted molar refractivity (Wildman–Crippen MR) is 147 cm³/mol. The van der Waals surface area contributed by atoms with Crippen LogP contribution in [-0.4, -0.2) is 105 Å². The summed E-state index contributed by atoms with van der Waals surface area (Å²) in [6, 6.07) is 9.25. The number of nitrogens with zero attached hydrogens (tertiary/aromatic N) is 4. The lowest BCUT2D eigenvalue weighted by Crippen LogP contribution is -2.55. The fourth-order valence-corrected chi connectivity index (χ4v) is 3.96. The van der Waals surface area contributed by atoms with Crippen molar-refractivity contribution in [1.82, 2.24) is 25.2 Å². The molecule has 2 heterocycles. The van der Waals surface area contributed by atoms with Crippen molar-refractivity contribution in [1.29, 1.82) is 0 Å². The van der Waals surface area contributed by atoms with E-state index in [4.69, 9.17) is 9.57 Å². The highest BCUT2D eigenvalue weighted by Crippen LogP contribution is 2.21. The average Bonchev–Trinajstić information content (AvgIpc) is 2.95. The molecule has 2 aromatic rings. The molecule has 1 fully saturated rings. The third kappa shape index (κ3) is 9.39. The number of ether oxygens (including phenoxy) is 1. The van der Waals surface area contributed by atoms with Crippen LogP contribution >= 0.6 is 0 Å². The van der Waals surface area contributed by atoms with E-state index in [0.717, 1.165) is 0 Å². The normalized spacial score (nSPS) is 14.6. The summed E-state index contributed by atoms with van der Waals surface area (Å²) in [5.41, 5.74) is -0.154. The van der Waals surface area contributed by atoms with E-state index < -0.39 is 35.5 Å². The van der Waals surface area contributed by atoms with Gasteiger partial charge in [-0.25, -0.2) is 14.8 Å². The SMILES string of the molecule is CCOC(=O)ON1CCN(C(=O)[C@H](CCC(=O)O)NC(=O)c2cc(NC(C)(C)CO)nc(-c3ccccc3)n2)CC1. The van der Waals surface area contributed by atoms with Crippen LogP contribution in [0.25, 0.3) is 11.4 Å². The van der Waals surface area contributed by atoms with Crippen LogP contribution in [0.1, 0.15) is 44.1 Å². The smallest absolute Gasteiger partial charge is 0.481 e. The molecule has 0 unspecified atom stereocenters. The number of piperazine rings is 1. The highest BCUT2D eigenvalue weighted by molar-refractivity contribution is 5.97. The minimum Gasteiger partial charge on any atom is -0.481 e. The fraction of sp³-hybridized carbons (Fsp3) is 0.481. The second kappa shape index (κ2) is 14.4. The highest BCUT2D eigenvalue weighted by Gasteiger charge is 2.31. The molecule has 3 rings (SSSR count). The van der Waals surface area contributed by atoms with Gasteiger partial charge in [0.05, 0.1) is 31.8 Å². The van der Waals surface area contributed by atoms with Crippen LogP contribution in [0.3, 0.4) is 0 Å². The average molecular weight is 573 g/mol. The van der Waals surface area contributed by atoms with Gasteiger partial charge in [-0.05, 0) is 27.2 Å². The molecule has 0 radical (unpaired) electrons. The standard InChI is InChI=1S/C27H36N6O8/c1-4-40-26(39)41-33-14-12-32(13-15-33)25(38)19(10-11-22(35)36)29-24(37)20-16-21(31-27(2,3)17-34)30-23(28-20)18-8-6-5-7-9-18/h5-9,16,19,34H,4,10-15,17H2,1-3H3,(H,29,37)(H,35,36)(H,28,30,31)/t19-/m0/s1. The molecule has 14 heteroatoms. The van der Waals surface area contributed by atoms with Crippen molar-refractivity contribution in [2.24, 2.45) is 0 Å². The maximum absolute atomic E-state index is 13.4. The van der Waals surface area contributed by atoms with Gasteiger partial charge in [0.1, 0.15) is 17.6 Å². The molecule has 41 heavy (non-hydrogen) atoms. The fourth-order valence-electron chi connectivity index (χ4n) is 3.96. The second-order valence-electron chi connectivity index (χ2n) is 9.98. The number of aliphatic carboxylic acids is 1. The first-order valence-electron chi connectivity index (χ1n) is 13.3. The van der Waals surface area contributed by atoms with Crippen molar-refractivity contribution < 1.29 is 39.0 Å². The first-order chi connectivity index (χ1) is 19.5. The molecule has 0 spiro atoms. The van der Waals surface area contributed by atoms with Crippen molar-refractivity contribution in [3.05, 3.63) is 42.1 Å². The van der Waals surface area contributed by atoms with Crippen LogP contribution in [0, 0.1) is 0 Å². The largest absolute Gasteiger partial charge is 0.527 e. The maximum Gasteiger partial charge on any atom is 0.527 e.